The van der Waals surface area contributed by atoms with E-state index in [9.17, 15) is 19.5 Å². The van der Waals surface area contributed by atoms with Crippen molar-refractivity contribution in [2.45, 2.75) is 75.1 Å². The van der Waals surface area contributed by atoms with Gasteiger partial charge < -0.3 is 9.84 Å². The van der Waals surface area contributed by atoms with Gasteiger partial charge in [0.25, 0.3) is 0 Å². The number of nitrogens with zero attached hydrogens (tertiary/aromatic N) is 1. The van der Waals surface area contributed by atoms with Crippen molar-refractivity contribution in [3.8, 4) is 0 Å². The first-order chi connectivity index (χ1) is 20.3. The van der Waals surface area contributed by atoms with Crippen LogP contribution in [0.1, 0.15) is 51.5 Å². The minimum Gasteiger partial charge on any atom is -0.465 e. The van der Waals surface area contributed by atoms with Crippen LogP contribution in [0.5, 0.6) is 0 Å². The van der Waals surface area contributed by atoms with Crippen LogP contribution in [0.15, 0.2) is 47.8 Å². The number of hydrogen-bond donors (Lipinski definition) is 1. The van der Waals surface area contributed by atoms with E-state index in [4.69, 9.17) is 21.2 Å². The van der Waals surface area contributed by atoms with Crippen molar-refractivity contribution < 1.29 is 37.8 Å². The van der Waals surface area contributed by atoms with E-state index in [2.05, 4.69) is 0 Å². The summed E-state index contributed by atoms with van der Waals surface area (Å²) in [7, 11) is 0. The maximum Gasteiger partial charge on any atom is 0.319 e. The number of aliphatic hydroxyl groups excluding tert-OH is 1. The summed E-state index contributed by atoms with van der Waals surface area (Å²) >= 11 is 6.98. The third kappa shape index (κ3) is 3.98. The number of thioether (sulfide) groups is 1. The van der Waals surface area contributed by atoms with Gasteiger partial charge in [0, 0.05) is 60.0 Å². The van der Waals surface area contributed by atoms with Crippen molar-refractivity contribution in [1.82, 2.24) is 5.06 Å². The molecule has 9 atom stereocenters. The summed E-state index contributed by atoms with van der Waals surface area (Å²) < 4.78 is 38.7. The minimum atomic E-state index is -2.24. The third-order valence-corrected chi connectivity index (χ3v) is 12.9. The van der Waals surface area contributed by atoms with Crippen LogP contribution in [-0.2, 0) is 30.5 Å². The van der Waals surface area contributed by atoms with Crippen LogP contribution in [0.3, 0.4) is 0 Å². The zero-order chi connectivity index (χ0) is 30.5. The number of aliphatic hydroxyl groups is 1. The van der Waals surface area contributed by atoms with Gasteiger partial charge in [0.1, 0.15) is 11.1 Å². The molecule has 0 aromatic heterocycles. The molecule has 2 saturated heterocycles. The number of benzene rings is 1. The van der Waals surface area contributed by atoms with Crippen LogP contribution in [-0.4, -0.2) is 62.8 Å². The van der Waals surface area contributed by atoms with Gasteiger partial charge in [-0.15, -0.1) is 0 Å². The van der Waals surface area contributed by atoms with E-state index in [1.807, 2.05) is 19.1 Å². The van der Waals surface area contributed by atoms with E-state index < -0.39 is 57.1 Å². The number of ketones is 1. The molecule has 2 aliphatic heterocycles. The summed E-state index contributed by atoms with van der Waals surface area (Å²) in [5.41, 5.74) is -5.25. The molecule has 43 heavy (non-hydrogen) atoms. The van der Waals surface area contributed by atoms with Gasteiger partial charge >= 0.3 is 5.97 Å². The topological polar surface area (TPSA) is 93.1 Å². The lowest BCUT2D eigenvalue weighted by Crippen LogP contribution is -2.69. The van der Waals surface area contributed by atoms with Gasteiger partial charge in [0.15, 0.2) is 17.1 Å². The number of esters is 1. The van der Waals surface area contributed by atoms with Crippen LogP contribution in [0.2, 0.25) is 5.02 Å². The van der Waals surface area contributed by atoms with Gasteiger partial charge in [0.2, 0.25) is 5.12 Å². The third-order valence-electron chi connectivity index (χ3n) is 11.4. The van der Waals surface area contributed by atoms with Gasteiger partial charge in [-0.1, -0.05) is 48.5 Å². The Kier molecular flexibility index (Phi) is 6.84. The minimum absolute atomic E-state index is 0.0936. The Morgan fingerprint density at radius 1 is 1.21 bits per heavy atom. The van der Waals surface area contributed by atoms with E-state index in [-0.39, 0.29) is 48.3 Å². The standard InChI is InChI=1S/C32H34ClF2NO6S/c1-29-9-7-20(37)12-23(29)24(34)13-22-21-11-18-16-36(15-17-3-5-19(33)6-4-17)42-32(18,28(40)43-25-8-10-41-27(25)39)30(21,2)14-26(38)31(22,29)35/h3-7,9,18,21-22,25-26,38H,8,10-16H2,1-2H3/t18-,21-,22-,25?,26-,29-,30-,31-,32-/m0/s1. The first kappa shape index (κ1) is 29.6. The van der Waals surface area contributed by atoms with E-state index >= 15 is 8.78 Å². The Balaban J connectivity index is 1.29. The largest absolute Gasteiger partial charge is 0.465 e. The molecule has 1 aromatic carbocycles. The van der Waals surface area contributed by atoms with Crippen molar-refractivity contribution in [3.05, 3.63) is 58.4 Å². The molecule has 0 bridgehead atoms. The number of carbonyl (C=O) groups excluding carboxylic acids is 3. The summed E-state index contributed by atoms with van der Waals surface area (Å²) in [6.45, 7) is 4.41. The Labute approximate surface area is 257 Å². The number of hydrogen-bond acceptors (Lipinski definition) is 8. The van der Waals surface area contributed by atoms with Gasteiger partial charge in [-0.05, 0) is 55.0 Å². The SMILES string of the molecule is C[C@]12C=CC(=O)CC1=C(F)C[C@H]1[C@@H]3C[C@H]4CN(Cc5ccc(Cl)cc5)O[C@@]4(C(=O)SC4CCOC4=O)[C@@]3(C)C[C@H](O)[C@@]12F. The Morgan fingerprint density at radius 3 is 2.65 bits per heavy atom. The van der Waals surface area contributed by atoms with Crippen molar-refractivity contribution in [2.24, 2.45) is 28.6 Å². The molecule has 2 saturated carbocycles. The molecule has 230 valence electrons. The molecule has 0 amide bonds. The van der Waals surface area contributed by atoms with Gasteiger partial charge in [0.05, 0.1) is 12.7 Å². The number of fused-ring (bicyclic) bond motifs is 7. The maximum atomic E-state index is 17.7. The second-order valence-electron chi connectivity index (χ2n) is 13.4. The van der Waals surface area contributed by atoms with E-state index in [0.29, 0.717) is 31.0 Å². The Morgan fingerprint density at radius 2 is 1.95 bits per heavy atom. The molecule has 4 aliphatic carbocycles. The van der Waals surface area contributed by atoms with Crippen LogP contribution in [0, 0.1) is 28.6 Å². The number of halogens is 3. The molecule has 0 radical (unpaired) electrons. The van der Waals surface area contributed by atoms with Crippen LogP contribution in [0.25, 0.3) is 0 Å². The number of alkyl halides is 1. The lowest BCUT2D eigenvalue weighted by atomic mass is 9.45. The molecule has 2 heterocycles. The Hall–Kier alpha value is -2.11. The van der Waals surface area contributed by atoms with Crippen LogP contribution < -0.4 is 0 Å². The van der Waals surface area contributed by atoms with Gasteiger partial charge in [-0.2, -0.15) is 5.06 Å². The van der Waals surface area contributed by atoms with E-state index in [1.165, 1.54) is 12.2 Å². The predicted octanol–water partition coefficient (Wildman–Crippen LogP) is 5.30. The average molecular weight is 634 g/mol. The first-order valence-corrected chi connectivity index (χ1v) is 16.1. The molecule has 11 heteroatoms. The summed E-state index contributed by atoms with van der Waals surface area (Å²) in [6.07, 6.45) is 1.39. The summed E-state index contributed by atoms with van der Waals surface area (Å²) in [5.74, 6) is -3.09. The second kappa shape index (κ2) is 9.94. The number of allylic oxidation sites excluding steroid dienone is 4. The fraction of sp³-hybridized carbons (Fsp3) is 0.594. The molecular formula is C32H34ClF2NO6S. The molecule has 1 N–H and O–H groups in total. The number of cyclic esters (lactones) is 1. The number of hydroxylamine groups is 2. The fourth-order valence-electron chi connectivity index (χ4n) is 9.32. The quantitative estimate of drug-likeness (QED) is 0.447. The number of ether oxygens (including phenoxy) is 1. The second-order valence-corrected chi connectivity index (χ2v) is 15.1. The number of carbonyl (C=O) groups is 3. The molecule has 7 rings (SSSR count). The van der Waals surface area contributed by atoms with Crippen LogP contribution in [0.4, 0.5) is 8.78 Å². The van der Waals surface area contributed by atoms with Crippen molar-refractivity contribution >= 4 is 40.2 Å². The summed E-state index contributed by atoms with van der Waals surface area (Å²) in [4.78, 5) is 45.8. The van der Waals surface area contributed by atoms with E-state index in [0.717, 1.165) is 17.3 Å². The van der Waals surface area contributed by atoms with E-state index in [1.54, 1.807) is 24.1 Å². The van der Waals surface area contributed by atoms with Crippen molar-refractivity contribution in [2.75, 3.05) is 13.2 Å². The smallest absolute Gasteiger partial charge is 0.319 e. The monoisotopic (exact) mass is 633 g/mol. The Bertz CT molecular complexity index is 1470. The first-order valence-electron chi connectivity index (χ1n) is 14.9. The summed E-state index contributed by atoms with van der Waals surface area (Å²) in [6, 6.07) is 7.31. The zero-order valence-corrected chi connectivity index (χ0v) is 25.6. The van der Waals surface area contributed by atoms with Gasteiger partial charge in [-0.25, -0.2) is 8.78 Å². The normalized spacial score (nSPS) is 43.7. The molecule has 7 nitrogen and oxygen atoms in total. The highest BCUT2D eigenvalue weighted by Crippen LogP contribution is 2.73. The lowest BCUT2D eigenvalue weighted by molar-refractivity contribution is -0.263. The molecular weight excluding hydrogens is 600 g/mol. The molecule has 1 aromatic rings. The van der Waals surface area contributed by atoms with Crippen molar-refractivity contribution in [3.63, 3.8) is 0 Å². The average Bonchev–Trinajstić information content (AvgIpc) is 3.60. The summed E-state index contributed by atoms with van der Waals surface area (Å²) in [5, 5.41) is 13.1. The lowest BCUT2D eigenvalue weighted by Gasteiger charge is -2.62. The molecule has 4 fully saturated rings. The highest BCUT2D eigenvalue weighted by Gasteiger charge is 2.79. The van der Waals surface area contributed by atoms with Crippen molar-refractivity contribution in [1.29, 1.82) is 0 Å². The highest BCUT2D eigenvalue weighted by molar-refractivity contribution is 8.14. The molecule has 1 unspecified atom stereocenters. The highest BCUT2D eigenvalue weighted by atomic mass is 35.5. The zero-order valence-electron chi connectivity index (χ0n) is 24.0. The van der Waals surface area contributed by atoms with Crippen LogP contribution >= 0.6 is 23.4 Å². The van der Waals surface area contributed by atoms with Gasteiger partial charge in [-0.3, -0.25) is 19.2 Å². The fourth-order valence-corrected chi connectivity index (χ4v) is 10.7. The predicted molar refractivity (Wildman–Crippen MR) is 155 cm³/mol. The maximum absolute atomic E-state index is 17.7. The molecule has 6 aliphatic rings. The number of rotatable bonds is 4. The molecule has 0 spiro atoms.